The minimum Gasteiger partial charge on any atom is -0.354 e. The van der Waals surface area contributed by atoms with Crippen LogP contribution >= 0.6 is 7.82 Å². The maximum Gasteiger partial charge on any atom is 0.536 e. The number of hydrogen-bond acceptors (Lipinski definition) is 4. The fourth-order valence-corrected chi connectivity index (χ4v) is 1.77. The predicted molar refractivity (Wildman–Crippen MR) is 116 cm³/mol. The number of rotatable bonds is 6. The minimum atomic E-state index is -4.34. The summed E-state index contributed by atoms with van der Waals surface area (Å²) < 4.78 is 20.3. The molecule has 0 aliphatic rings. The van der Waals surface area contributed by atoms with E-state index in [1.54, 1.807) is 0 Å². The zero-order chi connectivity index (χ0) is 23.2. The summed E-state index contributed by atoms with van der Waals surface area (Å²) >= 11 is 0. The second kappa shape index (κ2) is 17.7. The van der Waals surface area contributed by atoms with Crippen molar-refractivity contribution >= 4 is 13.7 Å². The van der Waals surface area contributed by atoms with Crippen LogP contribution in [-0.4, -0.2) is 24.0 Å². The maximum atomic E-state index is 11.4. The zero-order valence-electron chi connectivity index (χ0n) is 16.9. The first-order valence-corrected chi connectivity index (χ1v) is 9.96. The topological polar surface area (TPSA) is 84.9 Å². The van der Waals surface area contributed by atoms with Gasteiger partial charge in [0.2, 0.25) is 5.91 Å². The molecule has 152 valence electrons. The Morgan fingerprint density at radius 1 is 1.00 bits per heavy atom. The van der Waals surface area contributed by atoms with Crippen LogP contribution in [-0.2, 0) is 18.4 Å². The number of carbonyl (C=O) groups is 1. The first kappa shape index (κ1) is 26.6. The summed E-state index contributed by atoms with van der Waals surface area (Å²) in [4.78, 5) is 19.9. The molecule has 1 atom stereocenters. The Bertz CT molecular complexity index is 1260. The van der Waals surface area contributed by atoms with E-state index in [2.05, 4.69) is 109 Å². The lowest BCUT2D eigenvalue weighted by molar-refractivity contribution is -0.119. The number of nitrogens with one attached hydrogen (secondary N) is 1. The monoisotopic (exact) mass is 429 g/mol. The first-order valence-electron chi connectivity index (χ1n) is 8.46. The standard InChI is InChI=1S/C24H16NO5P/c1-4-6-15-18-24(5-2)19-16-13-11-9-7-8-10-12-14-17-21-29-31(27,28)30-22-20-25-23(3)26/h1,5,20,22H2,2-3H3,(H,25,26)(H,27,28). The number of amides is 1. The van der Waals surface area contributed by atoms with Crippen LogP contribution in [0.3, 0.4) is 0 Å². The van der Waals surface area contributed by atoms with Crippen LogP contribution in [0.15, 0.2) is 35.1 Å². The van der Waals surface area contributed by atoms with Gasteiger partial charge < -0.3 is 9.84 Å². The third-order valence-corrected chi connectivity index (χ3v) is 3.27. The fourth-order valence-electron chi connectivity index (χ4n) is 1.24. The molecule has 0 aromatic rings. The van der Waals surface area contributed by atoms with Gasteiger partial charge in [0, 0.05) is 43.1 Å². The highest BCUT2D eigenvalue weighted by atomic mass is 31.2. The van der Waals surface area contributed by atoms with Gasteiger partial charge in [0.15, 0.2) is 0 Å². The van der Waals surface area contributed by atoms with Crippen LogP contribution in [0.1, 0.15) is 20.3 Å². The highest BCUT2D eigenvalue weighted by molar-refractivity contribution is 7.47. The van der Waals surface area contributed by atoms with E-state index < -0.39 is 7.82 Å². The molecule has 0 saturated carbocycles. The van der Waals surface area contributed by atoms with Crippen LogP contribution in [0.5, 0.6) is 0 Å². The van der Waals surface area contributed by atoms with Crippen LogP contribution in [0.2, 0.25) is 0 Å². The third kappa shape index (κ3) is 18.8. The molecule has 1 amide bonds. The van der Waals surface area contributed by atoms with Crippen molar-refractivity contribution < 1.29 is 23.3 Å². The fraction of sp³-hybridized carbons (Fsp3) is 0.208. The number of carbonyl (C=O) groups excluding carboxylic acids is 1. The molecule has 7 heteroatoms. The van der Waals surface area contributed by atoms with E-state index >= 15 is 0 Å². The molecule has 0 bridgehead atoms. The third-order valence-electron chi connectivity index (χ3n) is 2.44. The van der Waals surface area contributed by atoms with E-state index in [-0.39, 0.29) is 19.1 Å². The normalized spacial score (nSPS) is 8.87. The Morgan fingerprint density at radius 2 is 1.58 bits per heavy atom. The molecule has 1 unspecified atom stereocenters. The van der Waals surface area contributed by atoms with E-state index in [4.69, 9.17) is 0 Å². The number of hydrogen-bond donors (Lipinski definition) is 2. The predicted octanol–water partition coefficient (Wildman–Crippen LogP) is 1.82. The average molecular weight is 429 g/mol. The second-order valence-electron chi connectivity index (χ2n) is 4.74. The number of phosphoric acid groups is 1. The summed E-state index contributed by atoms with van der Waals surface area (Å²) in [5, 5.41) is 2.39. The van der Waals surface area contributed by atoms with Gasteiger partial charge in [-0.15, -0.1) is 0 Å². The molecule has 0 rings (SSSR count). The summed E-state index contributed by atoms with van der Waals surface area (Å²) in [5.74, 6) is 26.7. The second-order valence-corrected chi connectivity index (χ2v) is 6.11. The largest absolute Gasteiger partial charge is 0.536 e. The van der Waals surface area contributed by atoms with E-state index in [9.17, 15) is 14.3 Å². The lowest BCUT2D eigenvalue weighted by Gasteiger charge is -2.07. The number of phosphoric ester groups is 1. The van der Waals surface area contributed by atoms with Gasteiger partial charge in [-0.25, -0.2) is 4.57 Å². The van der Waals surface area contributed by atoms with Gasteiger partial charge in [-0.2, -0.15) is 0 Å². The van der Waals surface area contributed by atoms with Gasteiger partial charge >= 0.3 is 7.82 Å². The molecule has 0 spiro atoms. The Kier molecular flexibility index (Phi) is 15.2. The quantitative estimate of drug-likeness (QED) is 0.291. The van der Waals surface area contributed by atoms with Gasteiger partial charge in [0.25, 0.3) is 0 Å². The van der Waals surface area contributed by atoms with Crippen molar-refractivity contribution in [1.29, 1.82) is 0 Å². The van der Waals surface area contributed by atoms with Crippen LogP contribution in [0, 0.1) is 71.2 Å². The summed E-state index contributed by atoms with van der Waals surface area (Å²) in [7, 11) is -4.34. The van der Waals surface area contributed by atoms with Crippen LogP contribution < -0.4 is 5.32 Å². The molecule has 6 nitrogen and oxygen atoms in total. The average Bonchev–Trinajstić information content (AvgIpc) is 2.73. The van der Waals surface area contributed by atoms with Crippen molar-refractivity contribution in [3.8, 4) is 71.2 Å². The molecule has 0 aliphatic heterocycles. The van der Waals surface area contributed by atoms with E-state index in [0.29, 0.717) is 12.0 Å². The summed E-state index contributed by atoms with van der Waals surface area (Å²) in [6.07, 6.45) is 2.59. The molecule has 2 N–H and O–H groups in total. The highest BCUT2D eigenvalue weighted by Crippen LogP contribution is 2.42. The molecule has 0 aromatic carbocycles. The van der Waals surface area contributed by atoms with E-state index in [1.165, 1.54) is 6.92 Å². The van der Waals surface area contributed by atoms with Gasteiger partial charge in [0.1, 0.15) is 6.11 Å². The lowest BCUT2D eigenvalue weighted by Crippen LogP contribution is -2.24. The van der Waals surface area contributed by atoms with Gasteiger partial charge in [-0.1, -0.05) is 12.7 Å². The van der Waals surface area contributed by atoms with Crippen molar-refractivity contribution in [1.82, 2.24) is 5.32 Å². The zero-order valence-corrected chi connectivity index (χ0v) is 17.8. The Labute approximate surface area is 182 Å². The molecule has 0 aliphatic carbocycles. The molecular formula is C24H16NO5P. The molecule has 0 saturated heterocycles. The number of allylic oxidation sites excluding steroid dienone is 1. The summed E-state index contributed by atoms with van der Waals surface area (Å²) in [5.41, 5.74) is 11.1. The van der Waals surface area contributed by atoms with Crippen LogP contribution in [0.4, 0.5) is 0 Å². The van der Waals surface area contributed by atoms with Crippen LogP contribution in [0.25, 0.3) is 0 Å². The van der Waals surface area contributed by atoms with Gasteiger partial charge in [-0.3, -0.25) is 14.2 Å². The molecular weight excluding hydrogens is 413 g/mol. The maximum absolute atomic E-state index is 11.4. The smallest absolute Gasteiger partial charge is 0.354 e. The van der Waals surface area contributed by atoms with Crippen molar-refractivity contribution in [2.24, 2.45) is 0 Å². The molecule has 0 heterocycles. The molecule has 0 fully saturated rings. The highest BCUT2D eigenvalue weighted by Gasteiger charge is 2.20. The van der Waals surface area contributed by atoms with Gasteiger partial charge in [-0.05, 0) is 65.7 Å². The van der Waals surface area contributed by atoms with Gasteiger partial charge in [0.05, 0.1) is 12.2 Å². The van der Waals surface area contributed by atoms with E-state index in [0.717, 1.165) is 0 Å². The molecule has 0 aromatic heterocycles. The van der Waals surface area contributed by atoms with Crippen molar-refractivity contribution in [3.05, 3.63) is 35.1 Å². The first-order chi connectivity index (χ1) is 14.9. The van der Waals surface area contributed by atoms with Crippen molar-refractivity contribution in [2.45, 2.75) is 20.3 Å². The Hall–Kier alpha value is -4.36. The lowest BCUT2D eigenvalue weighted by atomic mass is 10.2. The van der Waals surface area contributed by atoms with E-state index in [1.807, 2.05) is 13.0 Å². The summed E-state index contributed by atoms with van der Waals surface area (Å²) in [6.45, 7) is 6.43. The summed E-state index contributed by atoms with van der Waals surface area (Å²) in [6, 6.07) is 0. The Balaban J connectivity index is 4.58. The minimum absolute atomic E-state index is 0.0593. The SMILES string of the molecule is C=C=C=C=C=C(C#CC#CC#CC#CC#CC#COP(=O)(O)OCCNC(C)=O)CC. The molecule has 31 heavy (non-hydrogen) atoms. The van der Waals surface area contributed by atoms with Crippen molar-refractivity contribution in [3.63, 3.8) is 0 Å². The molecule has 0 radical (unpaired) electrons. The Morgan fingerprint density at radius 3 is 2.13 bits per heavy atom. The van der Waals surface area contributed by atoms with Crippen molar-refractivity contribution in [2.75, 3.05) is 13.2 Å².